The monoisotopic (exact) mass is 203 g/mol. The van der Waals surface area contributed by atoms with Crippen LogP contribution >= 0.6 is 0 Å². The molecule has 2 aromatic rings. The van der Waals surface area contributed by atoms with Crippen LogP contribution in [-0.4, -0.2) is 6.04 Å². The van der Waals surface area contributed by atoms with Gasteiger partial charge in [0, 0.05) is 11.4 Å². The van der Waals surface area contributed by atoms with Crippen LogP contribution in [0.1, 0.15) is 12.5 Å². The number of halogens is 1. The minimum absolute atomic E-state index is 0.0511. The van der Waals surface area contributed by atoms with Gasteiger partial charge in [-0.1, -0.05) is 30.3 Å². The van der Waals surface area contributed by atoms with Gasteiger partial charge in [0.15, 0.2) is 0 Å². The van der Waals surface area contributed by atoms with Gasteiger partial charge in [-0.15, -0.1) is 0 Å². The smallest absolute Gasteiger partial charge is 0.131 e. The van der Waals surface area contributed by atoms with Crippen LogP contribution in [0.5, 0.6) is 0 Å². The molecule has 2 N–H and O–H groups in total. The molecule has 0 spiro atoms. The van der Waals surface area contributed by atoms with E-state index in [-0.39, 0.29) is 11.9 Å². The van der Waals surface area contributed by atoms with E-state index in [2.05, 4.69) is 0 Å². The largest absolute Gasteiger partial charge is 0.328 e. The lowest BCUT2D eigenvalue weighted by atomic mass is 9.99. The third-order valence-electron chi connectivity index (χ3n) is 2.48. The molecule has 78 valence electrons. The van der Waals surface area contributed by atoms with E-state index in [1.54, 1.807) is 6.07 Å². The van der Waals surface area contributed by atoms with E-state index in [4.69, 9.17) is 5.73 Å². The highest BCUT2D eigenvalue weighted by Gasteiger charge is 2.07. The van der Waals surface area contributed by atoms with Crippen molar-refractivity contribution in [2.75, 3.05) is 0 Å². The molecular weight excluding hydrogens is 189 g/mol. The molecule has 0 heterocycles. The van der Waals surface area contributed by atoms with Gasteiger partial charge in [0.2, 0.25) is 0 Å². The van der Waals surface area contributed by atoms with Crippen LogP contribution in [0.25, 0.3) is 10.8 Å². The zero-order valence-corrected chi connectivity index (χ0v) is 8.70. The Morgan fingerprint density at radius 3 is 2.53 bits per heavy atom. The highest BCUT2D eigenvalue weighted by Crippen LogP contribution is 2.22. The normalized spacial score (nSPS) is 13.0. The molecule has 0 radical (unpaired) electrons. The Morgan fingerprint density at radius 2 is 1.87 bits per heavy atom. The van der Waals surface area contributed by atoms with Crippen LogP contribution < -0.4 is 5.73 Å². The van der Waals surface area contributed by atoms with Gasteiger partial charge in [-0.25, -0.2) is 4.39 Å². The Hall–Kier alpha value is -1.41. The van der Waals surface area contributed by atoms with Gasteiger partial charge in [-0.2, -0.15) is 0 Å². The van der Waals surface area contributed by atoms with Crippen LogP contribution in [0.4, 0.5) is 4.39 Å². The van der Waals surface area contributed by atoms with Crippen molar-refractivity contribution >= 4 is 10.8 Å². The second-order valence-electron chi connectivity index (χ2n) is 3.94. The maximum absolute atomic E-state index is 13.7. The molecule has 1 atom stereocenters. The lowest BCUT2D eigenvalue weighted by Crippen LogP contribution is -2.18. The third kappa shape index (κ3) is 2.00. The summed E-state index contributed by atoms with van der Waals surface area (Å²) in [5.41, 5.74) is 6.73. The topological polar surface area (TPSA) is 26.0 Å². The fraction of sp³-hybridized carbons (Fsp3) is 0.231. The number of benzene rings is 2. The standard InChI is InChI=1S/C13H14FN/c1-9(15)8-11-6-2-4-10-5-3-7-12(14)13(10)11/h2-7,9H,8,15H2,1H3. The first kappa shape index (κ1) is 10.1. The molecule has 0 aliphatic rings. The van der Waals surface area contributed by atoms with Crippen molar-refractivity contribution in [3.05, 3.63) is 47.8 Å². The zero-order chi connectivity index (χ0) is 10.8. The van der Waals surface area contributed by atoms with Crippen LogP contribution in [0.3, 0.4) is 0 Å². The molecule has 0 bridgehead atoms. The van der Waals surface area contributed by atoms with Crippen molar-refractivity contribution in [3.63, 3.8) is 0 Å². The van der Waals surface area contributed by atoms with E-state index in [1.807, 2.05) is 31.2 Å². The Balaban J connectivity index is 2.63. The van der Waals surface area contributed by atoms with Gasteiger partial charge in [0.05, 0.1) is 0 Å². The van der Waals surface area contributed by atoms with Crippen molar-refractivity contribution in [1.29, 1.82) is 0 Å². The highest BCUT2D eigenvalue weighted by molar-refractivity contribution is 5.86. The first-order valence-corrected chi connectivity index (χ1v) is 5.10. The van der Waals surface area contributed by atoms with Gasteiger partial charge in [-0.3, -0.25) is 0 Å². The van der Waals surface area contributed by atoms with Crippen LogP contribution in [-0.2, 0) is 6.42 Å². The van der Waals surface area contributed by atoms with Gasteiger partial charge in [0.25, 0.3) is 0 Å². The Bertz CT molecular complexity index is 472. The van der Waals surface area contributed by atoms with E-state index in [1.165, 1.54) is 6.07 Å². The molecule has 1 unspecified atom stereocenters. The fourth-order valence-electron chi connectivity index (χ4n) is 1.89. The van der Waals surface area contributed by atoms with Crippen LogP contribution in [0, 0.1) is 5.82 Å². The quantitative estimate of drug-likeness (QED) is 0.798. The lowest BCUT2D eigenvalue weighted by molar-refractivity contribution is 0.637. The molecule has 2 aromatic carbocycles. The summed E-state index contributed by atoms with van der Waals surface area (Å²) in [5, 5.41) is 1.64. The number of hydrogen-bond donors (Lipinski definition) is 1. The number of rotatable bonds is 2. The molecule has 0 amide bonds. The van der Waals surface area contributed by atoms with Crippen molar-refractivity contribution in [1.82, 2.24) is 0 Å². The Kier molecular flexibility index (Phi) is 2.69. The summed E-state index contributed by atoms with van der Waals surface area (Å²) in [4.78, 5) is 0. The van der Waals surface area contributed by atoms with Crippen molar-refractivity contribution in [3.8, 4) is 0 Å². The second kappa shape index (κ2) is 3.99. The molecule has 0 saturated heterocycles. The maximum Gasteiger partial charge on any atom is 0.131 e. The molecule has 0 fully saturated rings. The number of nitrogens with two attached hydrogens (primary N) is 1. The SMILES string of the molecule is CC(N)Cc1cccc2cccc(F)c12. The van der Waals surface area contributed by atoms with Crippen molar-refractivity contribution in [2.45, 2.75) is 19.4 Å². The summed E-state index contributed by atoms with van der Waals surface area (Å²) in [5.74, 6) is -0.163. The summed E-state index contributed by atoms with van der Waals surface area (Å²) in [6.45, 7) is 1.93. The Labute approximate surface area is 88.7 Å². The van der Waals surface area contributed by atoms with Crippen LogP contribution in [0.2, 0.25) is 0 Å². The van der Waals surface area contributed by atoms with Gasteiger partial charge in [0.1, 0.15) is 5.82 Å². The molecule has 0 aromatic heterocycles. The molecule has 2 rings (SSSR count). The van der Waals surface area contributed by atoms with E-state index in [0.29, 0.717) is 11.8 Å². The lowest BCUT2D eigenvalue weighted by Gasteiger charge is -2.09. The molecule has 0 saturated carbocycles. The van der Waals surface area contributed by atoms with E-state index in [0.717, 1.165) is 10.9 Å². The van der Waals surface area contributed by atoms with E-state index < -0.39 is 0 Å². The minimum atomic E-state index is -0.163. The van der Waals surface area contributed by atoms with E-state index >= 15 is 0 Å². The summed E-state index contributed by atoms with van der Waals surface area (Å²) < 4.78 is 13.7. The summed E-state index contributed by atoms with van der Waals surface area (Å²) >= 11 is 0. The number of fused-ring (bicyclic) bond motifs is 1. The first-order valence-electron chi connectivity index (χ1n) is 5.10. The third-order valence-corrected chi connectivity index (χ3v) is 2.48. The zero-order valence-electron chi connectivity index (χ0n) is 8.70. The average Bonchev–Trinajstić information content (AvgIpc) is 2.17. The Morgan fingerprint density at radius 1 is 1.20 bits per heavy atom. The molecule has 0 aliphatic heterocycles. The molecule has 2 heteroatoms. The molecular formula is C13H14FN. The molecule has 1 nitrogen and oxygen atoms in total. The van der Waals surface area contributed by atoms with Gasteiger partial charge in [-0.05, 0) is 30.4 Å². The van der Waals surface area contributed by atoms with E-state index in [9.17, 15) is 4.39 Å². The van der Waals surface area contributed by atoms with Gasteiger partial charge >= 0.3 is 0 Å². The summed E-state index contributed by atoms with van der Waals surface area (Å²) in [6, 6.07) is 11.0. The van der Waals surface area contributed by atoms with Crippen molar-refractivity contribution in [2.24, 2.45) is 5.73 Å². The number of hydrogen-bond acceptors (Lipinski definition) is 1. The van der Waals surface area contributed by atoms with Crippen LogP contribution in [0.15, 0.2) is 36.4 Å². The van der Waals surface area contributed by atoms with Gasteiger partial charge < -0.3 is 5.73 Å². The predicted molar refractivity (Wildman–Crippen MR) is 61.3 cm³/mol. The first-order chi connectivity index (χ1) is 7.18. The maximum atomic E-state index is 13.7. The average molecular weight is 203 g/mol. The molecule has 15 heavy (non-hydrogen) atoms. The highest BCUT2D eigenvalue weighted by atomic mass is 19.1. The summed E-state index contributed by atoms with van der Waals surface area (Å²) in [6.07, 6.45) is 0.707. The molecule has 0 aliphatic carbocycles. The van der Waals surface area contributed by atoms with Crippen molar-refractivity contribution < 1.29 is 4.39 Å². The second-order valence-corrected chi connectivity index (χ2v) is 3.94. The predicted octanol–water partition coefficient (Wildman–Crippen LogP) is 2.87. The fourth-order valence-corrected chi connectivity index (χ4v) is 1.89. The summed E-state index contributed by atoms with van der Waals surface area (Å²) in [7, 11) is 0. The minimum Gasteiger partial charge on any atom is -0.328 e.